The second-order valence-corrected chi connectivity index (χ2v) is 6.81. The molecule has 1 aromatic heterocycles. The van der Waals surface area contributed by atoms with Gasteiger partial charge in [-0.2, -0.15) is 0 Å². The Morgan fingerprint density at radius 2 is 1.85 bits per heavy atom. The zero-order valence-electron chi connectivity index (χ0n) is 15.0. The van der Waals surface area contributed by atoms with Crippen molar-refractivity contribution in [1.29, 1.82) is 0 Å². The minimum Gasteiger partial charge on any atom is -0.268 e. The topological polar surface area (TPSA) is 34.9 Å². The molecule has 1 heterocycles. The van der Waals surface area contributed by atoms with E-state index in [0.717, 1.165) is 22.6 Å². The van der Waals surface area contributed by atoms with Gasteiger partial charge in [0.1, 0.15) is 5.82 Å². The average molecular weight is 342 g/mol. The number of hydrogen-bond acceptors (Lipinski definition) is 2. The standard InChI is InChI=1S/C23H22N2O/c1-2-21-24-20-14-8-11-18(16-15-17-9-6-7-10-17)22(20)23(26)25(21)19-12-4-3-5-13-19/h3-5,8,11-14,17H,2,6-7,9-10H2,1H3. The van der Waals surface area contributed by atoms with Gasteiger partial charge in [-0.1, -0.05) is 55.9 Å². The molecule has 0 N–H and O–H groups in total. The first-order chi connectivity index (χ1) is 12.8. The molecule has 1 saturated carbocycles. The van der Waals surface area contributed by atoms with Gasteiger partial charge in [-0.05, 0) is 37.1 Å². The van der Waals surface area contributed by atoms with Crippen LogP contribution in [0.1, 0.15) is 44.0 Å². The molecule has 0 bridgehead atoms. The maximum atomic E-state index is 13.4. The Kier molecular flexibility index (Phi) is 4.58. The lowest BCUT2D eigenvalue weighted by Gasteiger charge is -2.13. The van der Waals surface area contributed by atoms with Gasteiger partial charge in [0.2, 0.25) is 0 Å². The van der Waals surface area contributed by atoms with Crippen LogP contribution in [0.5, 0.6) is 0 Å². The van der Waals surface area contributed by atoms with E-state index in [0.29, 0.717) is 17.7 Å². The minimum absolute atomic E-state index is 0.0330. The molecule has 1 aliphatic carbocycles. The Bertz CT molecular complexity index is 1050. The molecule has 26 heavy (non-hydrogen) atoms. The van der Waals surface area contributed by atoms with Crippen LogP contribution in [0.15, 0.2) is 53.3 Å². The summed E-state index contributed by atoms with van der Waals surface area (Å²) in [5, 5.41) is 0.624. The van der Waals surface area contributed by atoms with Gasteiger partial charge in [0, 0.05) is 17.9 Å². The highest BCUT2D eigenvalue weighted by Crippen LogP contribution is 2.24. The predicted octanol–water partition coefficient (Wildman–Crippen LogP) is 4.49. The number of aromatic nitrogens is 2. The number of fused-ring (bicyclic) bond motifs is 1. The molecule has 0 amide bonds. The van der Waals surface area contributed by atoms with Gasteiger partial charge in [0.15, 0.2) is 0 Å². The van der Waals surface area contributed by atoms with E-state index >= 15 is 0 Å². The van der Waals surface area contributed by atoms with Crippen molar-refractivity contribution in [2.45, 2.75) is 39.0 Å². The summed E-state index contributed by atoms with van der Waals surface area (Å²) < 4.78 is 1.73. The van der Waals surface area contributed by atoms with Crippen LogP contribution in [-0.4, -0.2) is 9.55 Å². The second-order valence-electron chi connectivity index (χ2n) is 6.81. The maximum Gasteiger partial charge on any atom is 0.267 e. The first-order valence-electron chi connectivity index (χ1n) is 9.39. The Labute approximate surface area is 153 Å². The van der Waals surface area contributed by atoms with Crippen molar-refractivity contribution >= 4 is 10.9 Å². The van der Waals surface area contributed by atoms with Crippen LogP contribution < -0.4 is 5.56 Å². The third-order valence-corrected chi connectivity index (χ3v) is 5.06. The van der Waals surface area contributed by atoms with Crippen LogP contribution in [-0.2, 0) is 6.42 Å². The first-order valence-corrected chi connectivity index (χ1v) is 9.39. The number of para-hydroxylation sites is 1. The second kappa shape index (κ2) is 7.17. The van der Waals surface area contributed by atoms with Crippen molar-refractivity contribution in [2.24, 2.45) is 5.92 Å². The van der Waals surface area contributed by atoms with Crippen molar-refractivity contribution in [3.63, 3.8) is 0 Å². The Balaban J connectivity index is 1.94. The van der Waals surface area contributed by atoms with Gasteiger partial charge in [0.25, 0.3) is 5.56 Å². The quantitative estimate of drug-likeness (QED) is 0.643. The van der Waals surface area contributed by atoms with Crippen LogP contribution in [0.25, 0.3) is 16.6 Å². The molecule has 0 unspecified atom stereocenters. The Morgan fingerprint density at radius 1 is 1.08 bits per heavy atom. The zero-order chi connectivity index (χ0) is 17.9. The van der Waals surface area contributed by atoms with Gasteiger partial charge >= 0.3 is 0 Å². The van der Waals surface area contributed by atoms with Gasteiger partial charge in [-0.3, -0.25) is 9.36 Å². The Morgan fingerprint density at radius 3 is 2.58 bits per heavy atom. The third kappa shape index (κ3) is 3.04. The maximum absolute atomic E-state index is 13.4. The molecule has 130 valence electrons. The zero-order valence-corrected chi connectivity index (χ0v) is 15.0. The van der Waals surface area contributed by atoms with E-state index < -0.39 is 0 Å². The van der Waals surface area contributed by atoms with Gasteiger partial charge in [-0.25, -0.2) is 4.98 Å². The number of nitrogens with zero attached hydrogens (tertiary/aromatic N) is 2. The van der Waals surface area contributed by atoms with Crippen molar-refractivity contribution in [2.75, 3.05) is 0 Å². The lowest BCUT2D eigenvalue weighted by molar-refractivity contribution is 0.712. The smallest absolute Gasteiger partial charge is 0.267 e. The van der Waals surface area contributed by atoms with Crippen molar-refractivity contribution in [1.82, 2.24) is 9.55 Å². The molecular formula is C23H22N2O. The first kappa shape index (κ1) is 16.6. The molecule has 0 atom stereocenters. The third-order valence-electron chi connectivity index (χ3n) is 5.06. The molecule has 0 spiro atoms. The normalized spacial score (nSPS) is 14.3. The summed E-state index contributed by atoms with van der Waals surface area (Å²) in [7, 11) is 0. The fraction of sp³-hybridized carbons (Fsp3) is 0.304. The molecule has 0 aliphatic heterocycles. The molecule has 3 aromatic rings. The molecule has 1 fully saturated rings. The van der Waals surface area contributed by atoms with Gasteiger partial charge < -0.3 is 0 Å². The highest BCUT2D eigenvalue weighted by atomic mass is 16.1. The fourth-order valence-electron chi connectivity index (χ4n) is 3.71. The van der Waals surface area contributed by atoms with Crippen LogP contribution in [0.4, 0.5) is 0 Å². The molecule has 1 aliphatic rings. The molecule has 0 radical (unpaired) electrons. The highest BCUT2D eigenvalue weighted by molar-refractivity contribution is 5.84. The molecule has 4 rings (SSSR count). The van der Waals surface area contributed by atoms with E-state index in [4.69, 9.17) is 4.98 Å². The van der Waals surface area contributed by atoms with Gasteiger partial charge in [0.05, 0.1) is 16.6 Å². The summed E-state index contributed by atoms with van der Waals surface area (Å²) in [6, 6.07) is 15.5. The van der Waals surface area contributed by atoms with E-state index in [-0.39, 0.29) is 5.56 Å². The SMILES string of the molecule is CCc1nc2cccc(C#CC3CCCC3)c2c(=O)n1-c1ccccc1. The summed E-state index contributed by atoms with van der Waals surface area (Å²) >= 11 is 0. The minimum atomic E-state index is -0.0330. The number of rotatable bonds is 2. The number of hydrogen-bond donors (Lipinski definition) is 0. The van der Waals surface area contributed by atoms with Crippen molar-refractivity contribution in [3.05, 3.63) is 70.3 Å². The van der Waals surface area contributed by atoms with Crippen LogP contribution >= 0.6 is 0 Å². The highest BCUT2D eigenvalue weighted by Gasteiger charge is 2.15. The van der Waals surface area contributed by atoms with Crippen LogP contribution in [0, 0.1) is 17.8 Å². The summed E-state index contributed by atoms with van der Waals surface area (Å²) in [6.45, 7) is 2.02. The van der Waals surface area contributed by atoms with Crippen molar-refractivity contribution in [3.8, 4) is 17.5 Å². The summed E-state index contributed by atoms with van der Waals surface area (Å²) in [6.07, 6.45) is 5.56. The fourth-order valence-corrected chi connectivity index (χ4v) is 3.71. The number of benzene rings is 2. The van der Waals surface area contributed by atoms with E-state index in [1.54, 1.807) is 4.57 Å². The van der Waals surface area contributed by atoms with Crippen LogP contribution in [0.2, 0.25) is 0 Å². The molecule has 3 nitrogen and oxygen atoms in total. The summed E-state index contributed by atoms with van der Waals surface area (Å²) in [4.78, 5) is 18.1. The van der Waals surface area contributed by atoms with E-state index in [2.05, 4.69) is 11.8 Å². The molecule has 0 saturated heterocycles. The average Bonchev–Trinajstić information content (AvgIpc) is 3.20. The Hall–Kier alpha value is -2.86. The molecule has 2 aromatic carbocycles. The summed E-state index contributed by atoms with van der Waals surface area (Å²) in [5.74, 6) is 7.90. The van der Waals surface area contributed by atoms with Crippen molar-refractivity contribution < 1.29 is 0 Å². The van der Waals surface area contributed by atoms with Crippen LogP contribution in [0.3, 0.4) is 0 Å². The lowest BCUT2D eigenvalue weighted by atomic mass is 10.1. The lowest BCUT2D eigenvalue weighted by Crippen LogP contribution is -2.24. The number of aryl methyl sites for hydroxylation is 1. The predicted molar refractivity (Wildman–Crippen MR) is 106 cm³/mol. The monoisotopic (exact) mass is 342 g/mol. The van der Waals surface area contributed by atoms with E-state index in [1.807, 2.05) is 55.5 Å². The van der Waals surface area contributed by atoms with E-state index in [1.165, 1.54) is 25.7 Å². The molecule has 3 heteroatoms. The molecular weight excluding hydrogens is 320 g/mol. The van der Waals surface area contributed by atoms with Gasteiger partial charge in [-0.15, -0.1) is 0 Å². The largest absolute Gasteiger partial charge is 0.268 e. The summed E-state index contributed by atoms with van der Waals surface area (Å²) in [5.41, 5.74) is 2.34. The van der Waals surface area contributed by atoms with E-state index in [9.17, 15) is 4.79 Å².